The molecule has 0 N–H and O–H groups in total. The second-order valence-corrected chi connectivity index (χ2v) is 7.89. The molecule has 4 rings (SSSR count). The minimum Gasteiger partial charge on any atom is -0.372 e. The van der Waals surface area contributed by atoms with E-state index in [1.165, 1.54) is 18.6 Å². The minimum absolute atomic E-state index is 0.210. The Morgan fingerprint density at radius 2 is 1.90 bits per heavy atom. The van der Waals surface area contributed by atoms with Gasteiger partial charge in [-0.2, -0.15) is 0 Å². The van der Waals surface area contributed by atoms with Crippen LogP contribution in [0.25, 0.3) is 11.5 Å². The fourth-order valence-electron chi connectivity index (χ4n) is 3.55. The molecule has 3 aromatic rings. The maximum Gasteiger partial charge on any atom is 0.204 e. The molecule has 0 saturated heterocycles. The molecule has 0 spiro atoms. The maximum atomic E-state index is 15.0. The smallest absolute Gasteiger partial charge is 0.204 e. The van der Waals surface area contributed by atoms with Gasteiger partial charge in [0.2, 0.25) is 11.6 Å². The number of nitrogens with zero attached hydrogens (tertiary/aromatic N) is 7. The lowest BCUT2D eigenvalue weighted by Crippen LogP contribution is -2.32. The average molecular weight is 420 g/mol. The number of fused-ring (bicyclic) bond motifs is 1. The van der Waals surface area contributed by atoms with E-state index in [-0.39, 0.29) is 5.71 Å². The summed E-state index contributed by atoms with van der Waals surface area (Å²) >= 11 is 0. The van der Waals surface area contributed by atoms with Crippen LogP contribution in [0.15, 0.2) is 52.7 Å². The zero-order valence-corrected chi connectivity index (χ0v) is 18.5. The van der Waals surface area contributed by atoms with Crippen molar-refractivity contribution >= 4 is 22.8 Å². The Morgan fingerprint density at radius 3 is 2.52 bits per heavy atom. The van der Waals surface area contributed by atoms with Crippen molar-refractivity contribution in [1.29, 1.82) is 0 Å². The molecule has 0 amide bonds. The molecule has 0 unspecified atom stereocenters. The van der Waals surface area contributed by atoms with E-state index in [2.05, 4.69) is 45.0 Å². The van der Waals surface area contributed by atoms with Gasteiger partial charge in [-0.3, -0.25) is 4.98 Å². The molecule has 0 aliphatic carbocycles. The van der Waals surface area contributed by atoms with Crippen LogP contribution < -0.4 is 4.90 Å². The van der Waals surface area contributed by atoms with E-state index in [1.807, 2.05) is 37.3 Å². The molecule has 0 saturated carbocycles. The van der Waals surface area contributed by atoms with Crippen molar-refractivity contribution in [2.45, 2.75) is 40.3 Å². The summed E-state index contributed by atoms with van der Waals surface area (Å²) in [7, 11) is 0. The summed E-state index contributed by atoms with van der Waals surface area (Å²) in [4.78, 5) is 17.3. The third kappa shape index (κ3) is 3.97. The van der Waals surface area contributed by atoms with Crippen molar-refractivity contribution in [3.8, 4) is 11.5 Å². The quantitative estimate of drug-likeness (QED) is 0.586. The van der Waals surface area contributed by atoms with E-state index in [9.17, 15) is 4.39 Å². The van der Waals surface area contributed by atoms with Gasteiger partial charge in [0.25, 0.3) is 0 Å². The highest BCUT2D eigenvalue weighted by Gasteiger charge is 2.38. The number of alkyl halides is 1. The Kier molecular flexibility index (Phi) is 5.39. The van der Waals surface area contributed by atoms with Crippen LogP contribution in [0.1, 0.15) is 39.1 Å². The molecule has 7 nitrogen and oxygen atoms in total. The first-order valence-corrected chi connectivity index (χ1v) is 10.4. The van der Waals surface area contributed by atoms with Crippen molar-refractivity contribution in [3.63, 3.8) is 0 Å². The van der Waals surface area contributed by atoms with Crippen LogP contribution in [-0.4, -0.2) is 50.0 Å². The zero-order valence-electron chi connectivity index (χ0n) is 18.5. The monoisotopic (exact) mass is 419 g/mol. The standard InChI is InChI=1S/C23H26FN7/c1-6-30(7-2)16-11-12-17(15(3)14-16)26-19-20(23(4,5)24)28-31-22(19)27-21(29-31)18-10-8-9-13-25-18/h8-14H,6-7H2,1-5H3/b26-19-. The van der Waals surface area contributed by atoms with Gasteiger partial charge in [-0.1, -0.05) is 6.07 Å². The molecule has 1 aliphatic heterocycles. The van der Waals surface area contributed by atoms with Gasteiger partial charge in [-0.15, -0.1) is 15.0 Å². The van der Waals surface area contributed by atoms with Crippen LogP contribution in [0.2, 0.25) is 0 Å². The average Bonchev–Trinajstić information content (AvgIpc) is 3.30. The Hall–Kier alpha value is -3.42. The van der Waals surface area contributed by atoms with Gasteiger partial charge < -0.3 is 4.90 Å². The summed E-state index contributed by atoms with van der Waals surface area (Å²) in [5.74, 6) is 0.838. The molecule has 31 heavy (non-hydrogen) atoms. The number of aliphatic imine (C=N–C) groups is 1. The summed E-state index contributed by atoms with van der Waals surface area (Å²) in [6, 6.07) is 11.6. The van der Waals surface area contributed by atoms with E-state index in [4.69, 9.17) is 4.99 Å². The third-order valence-electron chi connectivity index (χ3n) is 5.22. The van der Waals surface area contributed by atoms with Gasteiger partial charge >= 0.3 is 0 Å². The number of hydrogen-bond acceptors (Lipinski definition) is 6. The predicted octanol–water partition coefficient (Wildman–Crippen LogP) is 4.58. The Labute approximate surface area is 181 Å². The van der Waals surface area contributed by atoms with Crippen molar-refractivity contribution in [2.24, 2.45) is 10.1 Å². The Bertz CT molecular complexity index is 1150. The van der Waals surface area contributed by atoms with Crippen LogP contribution in [0.3, 0.4) is 0 Å². The first kappa shape index (κ1) is 20.8. The van der Waals surface area contributed by atoms with E-state index in [0.29, 0.717) is 23.1 Å². The van der Waals surface area contributed by atoms with Crippen molar-refractivity contribution in [2.75, 3.05) is 18.0 Å². The number of rotatable bonds is 6. The molecule has 0 atom stereocenters. The number of anilines is 1. The molecule has 0 fully saturated rings. The molecule has 1 aromatic carbocycles. The summed E-state index contributed by atoms with van der Waals surface area (Å²) in [6.45, 7) is 11.0. The highest BCUT2D eigenvalue weighted by atomic mass is 19.1. The molecule has 160 valence electrons. The highest BCUT2D eigenvalue weighted by Crippen LogP contribution is 2.29. The molecular formula is C23H26FN7. The van der Waals surface area contributed by atoms with Gasteiger partial charge in [0, 0.05) is 25.0 Å². The van der Waals surface area contributed by atoms with Crippen LogP contribution in [0, 0.1) is 6.92 Å². The minimum atomic E-state index is -1.69. The van der Waals surface area contributed by atoms with E-state index < -0.39 is 5.67 Å². The highest BCUT2D eigenvalue weighted by molar-refractivity contribution is 6.51. The van der Waals surface area contributed by atoms with Gasteiger partial charge in [-0.25, -0.2) is 14.4 Å². The fourth-order valence-corrected chi connectivity index (χ4v) is 3.55. The summed E-state index contributed by atoms with van der Waals surface area (Å²) in [6.07, 6.45) is 1.68. The molecular weight excluding hydrogens is 393 g/mol. The normalized spacial score (nSPS) is 14.6. The molecule has 3 heterocycles. The molecule has 1 aliphatic rings. The number of aryl methyl sites for hydroxylation is 1. The summed E-state index contributed by atoms with van der Waals surface area (Å²) in [5, 5.41) is 8.77. The van der Waals surface area contributed by atoms with Gasteiger partial charge in [0.05, 0.1) is 5.69 Å². The lowest BCUT2D eigenvalue weighted by molar-refractivity contribution is 0.316. The number of halogens is 1. The van der Waals surface area contributed by atoms with Crippen molar-refractivity contribution < 1.29 is 4.39 Å². The zero-order chi connectivity index (χ0) is 22.2. The fraction of sp³-hybridized carbons (Fsp3) is 0.348. The third-order valence-corrected chi connectivity index (χ3v) is 5.22. The maximum absolute atomic E-state index is 15.0. The van der Waals surface area contributed by atoms with Crippen molar-refractivity contribution in [1.82, 2.24) is 19.9 Å². The van der Waals surface area contributed by atoms with Gasteiger partial charge in [0.1, 0.15) is 17.1 Å². The first-order valence-electron chi connectivity index (χ1n) is 10.4. The molecule has 2 aromatic heterocycles. The molecule has 0 radical (unpaired) electrons. The van der Waals surface area contributed by atoms with Gasteiger partial charge in [0.15, 0.2) is 5.67 Å². The predicted molar refractivity (Wildman–Crippen MR) is 122 cm³/mol. The number of hydrogen-bond donors (Lipinski definition) is 0. The van der Waals surface area contributed by atoms with Gasteiger partial charge in [-0.05, 0) is 70.5 Å². The van der Waals surface area contributed by atoms with Crippen LogP contribution in [0.5, 0.6) is 0 Å². The number of aromatic nitrogens is 4. The number of benzene rings is 1. The van der Waals surface area contributed by atoms with E-state index in [0.717, 1.165) is 30.0 Å². The molecule has 0 bridgehead atoms. The van der Waals surface area contributed by atoms with Crippen molar-refractivity contribution in [3.05, 3.63) is 54.0 Å². The summed E-state index contributed by atoms with van der Waals surface area (Å²) < 4.78 is 15.0. The van der Waals surface area contributed by atoms with E-state index >= 15 is 0 Å². The topological polar surface area (TPSA) is 71.6 Å². The Morgan fingerprint density at radius 1 is 1.13 bits per heavy atom. The molecule has 8 heteroatoms. The lowest BCUT2D eigenvalue weighted by Gasteiger charge is -2.21. The van der Waals surface area contributed by atoms with E-state index in [1.54, 1.807) is 6.20 Å². The van der Waals surface area contributed by atoms with Crippen LogP contribution in [0.4, 0.5) is 15.8 Å². The van der Waals surface area contributed by atoms with Crippen LogP contribution in [-0.2, 0) is 0 Å². The van der Waals surface area contributed by atoms with Crippen LogP contribution >= 0.6 is 0 Å². The first-order chi connectivity index (χ1) is 14.8. The second kappa shape index (κ2) is 8.02. The second-order valence-electron chi connectivity index (χ2n) is 7.89. The SMILES string of the molecule is CCN(CC)c1ccc(/N=C2/C(C(C)(C)F)=Nn3nc(-c4ccccn4)nc32)c(C)c1. The lowest BCUT2D eigenvalue weighted by atomic mass is 10.00. The largest absolute Gasteiger partial charge is 0.372 e. The number of pyridine rings is 1. The Balaban J connectivity index is 1.79. The summed E-state index contributed by atoms with van der Waals surface area (Å²) in [5.41, 5.74) is 2.41.